The molecule has 0 bridgehead atoms. The zero-order chi connectivity index (χ0) is 15.1. The molecule has 0 aromatic rings. The second kappa shape index (κ2) is 7.52. The van der Waals surface area contributed by atoms with E-state index < -0.39 is 24.0 Å². The van der Waals surface area contributed by atoms with Crippen LogP contribution in [0.4, 0.5) is 4.79 Å². The van der Waals surface area contributed by atoms with Crippen LogP contribution in [-0.4, -0.2) is 53.2 Å². The Kier molecular flexibility index (Phi) is 6.02. The first-order valence-corrected chi connectivity index (χ1v) is 6.56. The largest absolute Gasteiger partial charge is 0.480 e. The number of carboxylic acid groups (broad SMARTS) is 1. The van der Waals surface area contributed by atoms with Crippen LogP contribution in [0, 0.1) is 0 Å². The van der Waals surface area contributed by atoms with Gasteiger partial charge in [0.1, 0.15) is 12.6 Å². The van der Waals surface area contributed by atoms with Crippen molar-refractivity contribution in [1.82, 2.24) is 10.2 Å². The molecule has 2 N–H and O–H groups in total. The Morgan fingerprint density at radius 2 is 2.15 bits per heavy atom. The minimum Gasteiger partial charge on any atom is -0.480 e. The molecule has 2 amide bonds. The Morgan fingerprint density at radius 1 is 1.50 bits per heavy atom. The predicted octanol–water partition coefficient (Wildman–Crippen LogP) is 0.753. The molecular formula is C13H20N2O5. The van der Waals surface area contributed by atoms with Gasteiger partial charge in [0.2, 0.25) is 0 Å². The van der Waals surface area contributed by atoms with Crippen LogP contribution in [0.25, 0.3) is 0 Å². The predicted molar refractivity (Wildman–Crippen MR) is 71.1 cm³/mol. The molecule has 0 spiro atoms. The van der Waals surface area contributed by atoms with Gasteiger partial charge in [-0.3, -0.25) is 4.79 Å². The number of carbonyl (C=O) groups is 3. The van der Waals surface area contributed by atoms with Gasteiger partial charge in [-0.15, -0.1) is 6.58 Å². The number of amides is 2. The number of nitrogens with zero attached hydrogens (tertiary/aromatic N) is 1. The van der Waals surface area contributed by atoms with Gasteiger partial charge in [-0.25, -0.2) is 9.59 Å². The van der Waals surface area contributed by atoms with Crippen molar-refractivity contribution >= 4 is 18.0 Å². The van der Waals surface area contributed by atoms with Crippen LogP contribution in [0.1, 0.15) is 26.2 Å². The standard InChI is InChI=1S/C13H20N2O5/c1-3-5-10(12(17)18)14-13(19)15(9-6-7-9)8-11(16)20-4-2/h3,9-10H,1,4-8H2,2H3,(H,14,19)(H,17,18). The summed E-state index contributed by atoms with van der Waals surface area (Å²) in [5, 5.41) is 11.4. The lowest BCUT2D eigenvalue weighted by molar-refractivity contribution is -0.143. The van der Waals surface area contributed by atoms with Gasteiger partial charge in [0, 0.05) is 6.04 Å². The number of ether oxygens (including phenoxy) is 1. The smallest absolute Gasteiger partial charge is 0.326 e. The Balaban J connectivity index is 2.61. The van der Waals surface area contributed by atoms with Crippen LogP contribution in [0.15, 0.2) is 12.7 Å². The monoisotopic (exact) mass is 284 g/mol. The number of hydrogen-bond donors (Lipinski definition) is 2. The highest BCUT2D eigenvalue weighted by molar-refractivity contribution is 5.85. The van der Waals surface area contributed by atoms with Gasteiger partial charge in [0.15, 0.2) is 0 Å². The summed E-state index contributed by atoms with van der Waals surface area (Å²) in [5.74, 6) is -1.63. The minimum absolute atomic E-state index is 0.0161. The molecule has 0 saturated heterocycles. The van der Waals surface area contributed by atoms with E-state index in [4.69, 9.17) is 9.84 Å². The summed E-state index contributed by atoms with van der Waals surface area (Å²) in [6.45, 7) is 5.22. The van der Waals surface area contributed by atoms with Crippen molar-refractivity contribution in [3.63, 3.8) is 0 Å². The molecule has 1 rings (SSSR count). The molecule has 0 aliphatic heterocycles. The third-order valence-corrected chi connectivity index (χ3v) is 2.85. The lowest BCUT2D eigenvalue weighted by atomic mass is 10.2. The van der Waals surface area contributed by atoms with E-state index in [0.717, 1.165) is 12.8 Å². The molecule has 20 heavy (non-hydrogen) atoms. The Morgan fingerprint density at radius 3 is 2.60 bits per heavy atom. The normalized spacial score (nSPS) is 15.1. The maximum absolute atomic E-state index is 12.1. The molecule has 7 heteroatoms. The van der Waals surface area contributed by atoms with E-state index in [2.05, 4.69) is 11.9 Å². The van der Waals surface area contributed by atoms with Crippen molar-refractivity contribution in [2.75, 3.05) is 13.2 Å². The number of rotatable bonds is 8. The first-order valence-electron chi connectivity index (χ1n) is 6.56. The first kappa shape index (κ1) is 16.0. The zero-order valence-corrected chi connectivity index (χ0v) is 11.5. The van der Waals surface area contributed by atoms with E-state index in [1.807, 2.05) is 0 Å². The minimum atomic E-state index is -1.13. The van der Waals surface area contributed by atoms with Gasteiger partial charge in [-0.1, -0.05) is 6.08 Å². The molecule has 0 aromatic heterocycles. The van der Waals surface area contributed by atoms with Crippen LogP contribution in [0.5, 0.6) is 0 Å². The molecule has 0 heterocycles. The Hall–Kier alpha value is -2.05. The molecule has 1 saturated carbocycles. The second-order valence-corrected chi connectivity index (χ2v) is 4.53. The SMILES string of the molecule is C=CCC(NC(=O)N(CC(=O)OCC)C1CC1)C(=O)O. The zero-order valence-electron chi connectivity index (χ0n) is 11.5. The molecule has 7 nitrogen and oxygen atoms in total. The van der Waals surface area contributed by atoms with E-state index in [9.17, 15) is 14.4 Å². The van der Waals surface area contributed by atoms with Crippen LogP contribution in [0.2, 0.25) is 0 Å². The summed E-state index contributed by atoms with van der Waals surface area (Å²) in [7, 11) is 0. The lowest BCUT2D eigenvalue weighted by Crippen LogP contribution is -2.50. The average Bonchev–Trinajstić information content (AvgIpc) is 3.19. The average molecular weight is 284 g/mol. The molecule has 1 aliphatic rings. The molecule has 1 aliphatic carbocycles. The Bertz CT molecular complexity index is 392. The molecule has 0 aromatic carbocycles. The number of nitrogens with one attached hydrogen (secondary N) is 1. The van der Waals surface area contributed by atoms with Crippen LogP contribution < -0.4 is 5.32 Å². The van der Waals surface area contributed by atoms with Crippen molar-refractivity contribution < 1.29 is 24.2 Å². The summed E-state index contributed by atoms with van der Waals surface area (Å²) < 4.78 is 4.81. The van der Waals surface area contributed by atoms with E-state index >= 15 is 0 Å². The van der Waals surface area contributed by atoms with Gasteiger partial charge in [0.05, 0.1) is 6.61 Å². The first-order chi connectivity index (χ1) is 9.49. The van der Waals surface area contributed by atoms with Crippen molar-refractivity contribution in [3.8, 4) is 0 Å². The van der Waals surface area contributed by atoms with E-state index in [0.29, 0.717) is 0 Å². The van der Waals surface area contributed by atoms with Crippen LogP contribution in [-0.2, 0) is 14.3 Å². The van der Waals surface area contributed by atoms with Gasteiger partial charge in [-0.05, 0) is 26.2 Å². The van der Waals surface area contributed by atoms with Gasteiger partial charge in [-0.2, -0.15) is 0 Å². The van der Waals surface area contributed by atoms with Crippen molar-refractivity contribution in [1.29, 1.82) is 0 Å². The number of hydrogen-bond acceptors (Lipinski definition) is 4. The summed E-state index contributed by atoms with van der Waals surface area (Å²) in [4.78, 5) is 35.8. The fraction of sp³-hybridized carbons (Fsp3) is 0.615. The van der Waals surface area contributed by atoms with Crippen LogP contribution in [0.3, 0.4) is 0 Å². The molecule has 1 fully saturated rings. The number of urea groups is 1. The summed E-state index contributed by atoms with van der Waals surface area (Å²) >= 11 is 0. The van der Waals surface area contributed by atoms with E-state index in [1.165, 1.54) is 11.0 Å². The maximum Gasteiger partial charge on any atom is 0.326 e. The third-order valence-electron chi connectivity index (χ3n) is 2.85. The molecule has 0 radical (unpaired) electrons. The fourth-order valence-corrected chi connectivity index (χ4v) is 1.72. The quantitative estimate of drug-likeness (QED) is 0.506. The Labute approximate surface area is 117 Å². The lowest BCUT2D eigenvalue weighted by Gasteiger charge is -2.23. The van der Waals surface area contributed by atoms with Gasteiger partial charge in [0.25, 0.3) is 0 Å². The molecule has 1 unspecified atom stereocenters. The number of carboxylic acids is 1. The highest BCUT2D eigenvalue weighted by Gasteiger charge is 2.35. The maximum atomic E-state index is 12.1. The molecule has 112 valence electrons. The topological polar surface area (TPSA) is 95.9 Å². The summed E-state index contributed by atoms with van der Waals surface area (Å²) in [5.41, 5.74) is 0. The van der Waals surface area contributed by atoms with Crippen molar-refractivity contribution in [2.45, 2.75) is 38.3 Å². The highest BCUT2D eigenvalue weighted by atomic mass is 16.5. The molecule has 1 atom stereocenters. The molecular weight excluding hydrogens is 264 g/mol. The number of carbonyl (C=O) groups excluding carboxylic acids is 2. The summed E-state index contributed by atoms with van der Waals surface area (Å²) in [6, 6.07) is -1.61. The van der Waals surface area contributed by atoms with E-state index in [1.54, 1.807) is 6.92 Å². The van der Waals surface area contributed by atoms with Gasteiger partial charge >= 0.3 is 18.0 Å². The second-order valence-electron chi connectivity index (χ2n) is 4.53. The van der Waals surface area contributed by atoms with Crippen molar-refractivity contribution in [2.24, 2.45) is 0 Å². The van der Waals surface area contributed by atoms with Gasteiger partial charge < -0.3 is 20.1 Å². The number of aliphatic carboxylic acids is 1. The fourth-order valence-electron chi connectivity index (χ4n) is 1.72. The summed E-state index contributed by atoms with van der Waals surface area (Å²) in [6.07, 6.45) is 3.17. The highest BCUT2D eigenvalue weighted by Crippen LogP contribution is 2.26. The van der Waals surface area contributed by atoms with E-state index in [-0.39, 0.29) is 25.6 Å². The third kappa shape index (κ3) is 4.91. The number of esters is 1. The van der Waals surface area contributed by atoms with Crippen LogP contribution >= 0.6 is 0 Å². The van der Waals surface area contributed by atoms with Crippen molar-refractivity contribution in [3.05, 3.63) is 12.7 Å².